The quantitative estimate of drug-likeness (QED) is 0.471. The summed E-state index contributed by atoms with van der Waals surface area (Å²) >= 11 is 6.37. The molecule has 1 aliphatic heterocycles. The Bertz CT molecular complexity index is 1460. The molecule has 34 heavy (non-hydrogen) atoms. The first-order chi connectivity index (χ1) is 16.0. The summed E-state index contributed by atoms with van der Waals surface area (Å²) in [4.78, 5) is 4.10. The molecule has 1 N–H and O–H groups in total. The number of alkyl halides is 3. The molecule has 0 aliphatic carbocycles. The van der Waals surface area contributed by atoms with Crippen LogP contribution in [0.3, 0.4) is 0 Å². The molecule has 1 unspecified atom stereocenters. The van der Waals surface area contributed by atoms with E-state index in [1.54, 1.807) is 0 Å². The summed E-state index contributed by atoms with van der Waals surface area (Å²) in [7, 11) is -3.68. The maximum absolute atomic E-state index is 13.5. The molecule has 0 saturated heterocycles. The molecule has 1 heterocycles. The zero-order valence-electron chi connectivity index (χ0n) is 17.4. The van der Waals surface area contributed by atoms with E-state index in [1.165, 1.54) is 54.9 Å². The number of nitrogens with one attached hydrogen (secondary N) is 1. The predicted octanol–water partition coefficient (Wildman–Crippen LogP) is 5.97. The highest BCUT2D eigenvalue weighted by Gasteiger charge is 2.36. The molecule has 0 fully saturated rings. The number of para-hydroxylation sites is 1. The number of benzene rings is 3. The number of ether oxygens (including phenoxy) is 1. The van der Waals surface area contributed by atoms with E-state index in [2.05, 4.69) is 10.3 Å². The van der Waals surface area contributed by atoms with Crippen LogP contribution in [-0.2, 0) is 16.0 Å². The molecule has 3 aromatic rings. The Labute approximate surface area is 198 Å². The van der Waals surface area contributed by atoms with Crippen LogP contribution in [0.25, 0.3) is 0 Å². The van der Waals surface area contributed by atoms with E-state index >= 15 is 0 Å². The molecule has 1 aliphatic rings. The molecule has 0 saturated carbocycles. The second-order valence-corrected chi connectivity index (χ2v) is 9.81. The minimum atomic E-state index is -4.56. The Morgan fingerprint density at radius 1 is 1.09 bits per heavy atom. The molecule has 0 amide bonds. The number of sulfone groups is 1. The van der Waals surface area contributed by atoms with Gasteiger partial charge < -0.3 is 10.1 Å². The molecule has 174 valence electrons. The van der Waals surface area contributed by atoms with Gasteiger partial charge in [-0.25, -0.2) is 8.42 Å². The van der Waals surface area contributed by atoms with Crippen LogP contribution in [-0.4, -0.2) is 21.0 Å². The van der Waals surface area contributed by atoms with Crippen LogP contribution in [0.15, 0.2) is 64.5 Å². The molecular weight excluding hydrogens is 491 g/mol. The highest BCUT2D eigenvalue weighted by Crippen LogP contribution is 2.44. The van der Waals surface area contributed by atoms with E-state index in [-0.39, 0.29) is 38.2 Å². The third-order valence-corrected chi connectivity index (χ3v) is 6.58. The normalized spacial score (nSPS) is 15.2. The van der Waals surface area contributed by atoms with Gasteiger partial charge in [-0.2, -0.15) is 18.4 Å². The van der Waals surface area contributed by atoms with Crippen molar-refractivity contribution in [3.05, 3.63) is 81.9 Å². The predicted molar refractivity (Wildman–Crippen MR) is 121 cm³/mol. The van der Waals surface area contributed by atoms with Crippen molar-refractivity contribution in [1.29, 1.82) is 5.26 Å². The van der Waals surface area contributed by atoms with Crippen molar-refractivity contribution in [2.45, 2.75) is 17.1 Å². The van der Waals surface area contributed by atoms with Gasteiger partial charge in [-0.15, -0.1) is 0 Å². The van der Waals surface area contributed by atoms with E-state index in [0.29, 0.717) is 5.56 Å². The van der Waals surface area contributed by atoms with Crippen LogP contribution in [0.1, 0.15) is 28.3 Å². The van der Waals surface area contributed by atoms with Gasteiger partial charge in [-0.05, 0) is 36.4 Å². The average molecular weight is 506 g/mol. The maximum Gasteiger partial charge on any atom is 0.418 e. The van der Waals surface area contributed by atoms with Crippen molar-refractivity contribution in [2.24, 2.45) is 4.99 Å². The van der Waals surface area contributed by atoms with Gasteiger partial charge in [0, 0.05) is 28.5 Å². The van der Waals surface area contributed by atoms with Crippen molar-refractivity contribution in [3.63, 3.8) is 0 Å². The van der Waals surface area contributed by atoms with Crippen LogP contribution >= 0.6 is 11.6 Å². The zero-order chi connectivity index (χ0) is 24.7. The fourth-order valence-corrected chi connectivity index (χ4v) is 4.66. The Morgan fingerprint density at radius 2 is 1.79 bits per heavy atom. The van der Waals surface area contributed by atoms with Gasteiger partial charge in [-0.3, -0.25) is 4.99 Å². The zero-order valence-corrected chi connectivity index (χ0v) is 19.0. The van der Waals surface area contributed by atoms with Crippen molar-refractivity contribution >= 4 is 33.5 Å². The first kappa shape index (κ1) is 23.6. The second kappa shape index (κ2) is 8.66. The van der Waals surface area contributed by atoms with E-state index in [4.69, 9.17) is 21.6 Å². The molecule has 0 aromatic heterocycles. The van der Waals surface area contributed by atoms with Gasteiger partial charge in [0.15, 0.2) is 9.84 Å². The van der Waals surface area contributed by atoms with Crippen LogP contribution in [0.5, 0.6) is 11.5 Å². The van der Waals surface area contributed by atoms with E-state index in [9.17, 15) is 21.6 Å². The highest BCUT2D eigenvalue weighted by molar-refractivity contribution is 7.90. The summed E-state index contributed by atoms with van der Waals surface area (Å²) in [5, 5.41) is 12.0. The van der Waals surface area contributed by atoms with Crippen molar-refractivity contribution in [3.8, 4) is 17.6 Å². The van der Waals surface area contributed by atoms with Gasteiger partial charge in [0.25, 0.3) is 0 Å². The Morgan fingerprint density at radius 3 is 2.47 bits per heavy atom. The molecule has 0 radical (unpaired) electrons. The lowest BCUT2D eigenvalue weighted by Gasteiger charge is -2.25. The lowest BCUT2D eigenvalue weighted by molar-refractivity contribution is -0.137. The molecule has 11 heteroatoms. The lowest BCUT2D eigenvalue weighted by atomic mass is 9.94. The third kappa shape index (κ3) is 4.58. The molecule has 1 atom stereocenters. The van der Waals surface area contributed by atoms with E-state index < -0.39 is 27.6 Å². The molecule has 4 rings (SSSR count). The number of rotatable bonds is 4. The summed E-state index contributed by atoms with van der Waals surface area (Å²) < 4.78 is 70.2. The largest absolute Gasteiger partial charge is 0.457 e. The minimum absolute atomic E-state index is 0.0206. The van der Waals surface area contributed by atoms with Gasteiger partial charge in [0.2, 0.25) is 0 Å². The number of hydrogen-bond acceptors (Lipinski definition) is 6. The number of hydrogen-bond donors (Lipinski definition) is 1. The van der Waals surface area contributed by atoms with E-state index in [1.807, 2.05) is 6.07 Å². The number of nitrogens with zero attached hydrogens (tertiary/aromatic N) is 2. The molecule has 0 spiro atoms. The number of aliphatic imine (C=N–C) groups is 1. The number of halogens is 4. The first-order valence-electron chi connectivity index (χ1n) is 9.69. The van der Waals surface area contributed by atoms with Crippen LogP contribution in [0, 0.1) is 11.3 Å². The second-order valence-electron chi connectivity index (χ2n) is 7.42. The molecular formula is C23H15ClF3N3O3S. The summed E-state index contributed by atoms with van der Waals surface area (Å²) in [5.41, 5.74) is -0.269. The monoisotopic (exact) mass is 505 g/mol. The maximum atomic E-state index is 13.5. The summed E-state index contributed by atoms with van der Waals surface area (Å²) in [5.74, 6) is 0.409. The third-order valence-electron chi connectivity index (χ3n) is 5.10. The minimum Gasteiger partial charge on any atom is -0.457 e. The van der Waals surface area contributed by atoms with Crippen LogP contribution < -0.4 is 10.1 Å². The van der Waals surface area contributed by atoms with Crippen molar-refractivity contribution in [1.82, 2.24) is 0 Å². The Balaban J connectivity index is 1.74. The Kier molecular flexibility index (Phi) is 6.02. The summed E-state index contributed by atoms with van der Waals surface area (Å²) in [6.45, 7) is 0. The number of fused-ring (bicyclic) bond motifs is 1. The fraction of sp³-hybridized carbons (Fsp3) is 0.130. The van der Waals surface area contributed by atoms with E-state index in [0.717, 1.165) is 12.3 Å². The molecule has 0 bridgehead atoms. The topological polar surface area (TPSA) is 91.6 Å². The molecule has 3 aromatic carbocycles. The van der Waals surface area contributed by atoms with Crippen molar-refractivity contribution in [2.75, 3.05) is 11.6 Å². The van der Waals surface area contributed by atoms with Gasteiger partial charge >= 0.3 is 6.18 Å². The number of nitriles is 1. The van der Waals surface area contributed by atoms with Crippen molar-refractivity contribution < 1.29 is 26.3 Å². The van der Waals surface area contributed by atoms with Gasteiger partial charge in [0.1, 0.15) is 23.6 Å². The number of anilines is 1. The average Bonchev–Trinajstić information content (AvgIpc) is 2.78. The smallest absolute Gasteiger partial charge is 0.418 e. The SMILES string of the molecule is CS(=O)(=O)c1cc(Oc2ccc(Cl)c(C3N=CNc4c3cccc4C(F)(F)F)c2)ccc1C#N. The lowest BCUT2D eigenvalue weighted by Crippen LogP contribution is -2.17. The molecule has 6 nitrogen and oxygen atoms in total. The first-order valence-corrected chi connectivity index (χ1v) is 12.0. The fourth-order valence-electron chi connectivity index (χ4n) is 3.60. The van der Waals surface area contributed by atoms with Crippen LogP contribution in [0.2, 0.25) is 5.02 Å². The van der Waals surface area contributed by atoms with Crippen LogP contribution in [0.4, 0.5) is 18.9 Å². The summed E-state index contributed by atoms with van der Waals surface area (Å²) in [6.07, 6.45) is -2.39. The standard InChI is InChI=1S/C23H15ClF3N3O3S/c1-34(31,32)20-10-15(6-5-13(20)11-28)33-14-7-8-19(24)17(9-14)21-16-3-2-4-18(23(25,26)27)22(16)30-12-29-21/h2-10,12,21H,1H3,(H,29,30). The van der Waals surface area contributed by atoms with Gasteiger partial charge in [-0.1, -0.05) is 23.7 Å². The highest BCUT2D eigenvalue weighted by atomic mass is 35.5. The van der Waals surface area contributed by atoms with Gasteiger partial charge in [0.05, 0.1) is 28.0 Å². The summed E-state index contributed by atoms with van der Waals surface area (Å²) in [6, 6.07) is 13.4. The Hall–Kier alpha value is -3.55.